The molecular formula is C21H28O7. The molecular weight excluding hydrogens is 364 g/mol. The van der Waals surface area contributed by atoms with Gasteiger partial charge in [0.1, 0.15) is 18.0 Å². The average Bonchev–Trinajstić information content (AvgIpc) is 2.56. The number of ketones is 1. The molecule has 0 aromatic rings. The third kappa shape index (κ3) is 2.70. The van der Waals surface area contributed by atoms with E-state index in [0.717, 1.165) is 5.57 Å². The van der Waals surface area contributed by atoms with Crippen LogP contribution >= 0.6 is 0 Å². The van der Waals surface area contributed by atoms with Crippen LogP contribution in [0.25, 0.3) is 0 Å². The van der Waals surface area contributed by atoms with Gasteiger partial charge < -0.3 is 14.2 Å². The molecule has 0 amide bonds. The Balaban J connectivity index is 2.25. The summed E-state index contributed by atoms with van der Waals surface area (Å²) in [6, 6.07) is 0. The zero-order valence-electron chi connectivity index (χ0n) is 17.4. The van der Waals surface area contributed by atoms with Crippen molar-refractivity contribution in [2.75, 3.05) is 0 Å². The standard InChI is InChI=1S/C21H28O7/c1-9-8-13-15-16(25)14(9)21(15,7)19(28-12(4)24)17(26-10(2)22)18(20(13,5)6)27-11(3)23/h8,13-15,17-19H,1-7H3/t13-,14+,15-,17+,18+,19+,21+/m0/s1. The highest BCUT2D eigenvalue weighted by Gasteiger charge is 2.75. The normalized spacial score (nSPS) is 40.4. The van der Waals surface area contributed by atoms with Crippen LogP contribution in [0, 0.1) is 28.6 Å². The first kappa shape index (κ1) is 20.6. The number of Topliss-reactive ketones (excluding diaryl/α,β-unsaturated/α-hetero) is 1. The van der Waals surface area contributed by atoms with E-state index in [2.05, 4.69) is 6.08 Å². The van der Waals surface area contributed by atoms with Crippen LogP contribution in [-0.4, -0.2) is 42.0 Å². The van der Waals surface area contributed by atoms with Gasteiger partial charge in [0.15, 0.2) is 6.10 Å². The summed E-state index contributed by atoms with van der Waals surface area (Å²) >= 11 is 0. The van der Waals surface area contributed by atoms with Crippen LogP contribution in [0.3, 0.4) is 0 Å². The molecule has 0 aromatic carbocycles. The highest BCUT2D eigenvalue weighted by Crippen LogP contribution is 2.67. The second-order valence-corrected chi connectivity index (χ2v) is 9.07. The Morgan fingerprint density at radius 2 is 1.39 bits per heavy atom. The van der Waals surface area contributed by atoms with Crippen LogP contribution in [0.5, 0.6) is 0 Å². The van der Waals surface area contributed by atoms with Crippen molar-refractivity contribution < 1.29 is 33.4 Å². The number of carbonyl (C=O) groups excluding carboxylic acids is 4. The maximum Gasteiger partial charge on any atom is 0.303 e. The van der Waals surface area contributed by atoms with E-state index in [4.69, 9.17) is 14.2 Å². The van der Waals surface area contributed by atoms with Gasteiger partial charge in [-0.05, 0) is 12.8 Å². The van der Waals surface area contributed by atoms with Gasteiger partial charge in [-0.15, -0.1) is 0 Å². The number of rotatable bonds is 3. The Morgan fingerprint density at radius 3 is 1.86 bits per heavy atom. The lowest BCUT2D eigenvalue weighted by Gasteiger charge is -2.61. The molecule has 7 atom stereocenters. The Morgan fingerprint density at radius 1 is 0.893 bits per heavy atom. The molecule has 0 unspecified atom stereocenters. The molecule has 2 fully saturated rings. The van der Waals surface area contributed by atoms with Crippen LogP contribution in [0.2, 0.25) is 0 Å². The number of ether oxygens (including phenoxy) is 3. The fraction of sp³-hybridized carbons (Fsp3) is 0.714. The highest BCUT2D eigenvalue weighted by molar-refractivity contribution is 5.96. The van der Waals surface area contributed by atoms with E-state index < -0.39 is 58.9 Å². The molecule has 0 aliphatic heterocycles. The smallest absolute Gasteiger partial charge is 0.303 e. The Hall–Kier alpha value is -2.18. The summed E-state index contributed by atoms with van der Waals surface area (Å²) in [6.45, 7) is 11.4. The Labute approximate surface area is 164 Å². The number of hydrogen-bond acceptors (Lipinski definition) is 7. The van der Waals surface area contributed by atoms with Crippen molar-refractivity contribution in [2.45, 2.75) is 66.8 Å². The van der Waals surface area contributed by atoms with Crippen LogP contribution < -0.4 is 0 Å². The predicted molar refractivity (Wildman–Crippen MR) is 97.8 cm³/mol. The lowest BCUT2D eigenvalue weighted by molar-refractivity contribution is -0.212. The van der Waals surface area contributed by atoms with Crippen LogP contribution in [0.15, 0.2) is 11.6 Å². The molecule has 28 heavy (non-hydrogen) atoms. The van der Waals surface area contributed by atoms with E-state index in [9.17, 15) is 19.2 Å². The summed E-state index contributed by atoms with van der Waals surface area (Å²) in [6.07, 6.45) is -0.719. The van der Waals surface area contributed by atoms with E-state index in [1.807, 2.05) is 27.7 Å². The minimum Gasteiger partial charge on any atom is -0.458 e. The monoisotopic (exact) mass is 392 g/mol. The first-order chi connectivity index (χ1) is 12.8. The lowest BCUT2D eigenvalue weighted by atomic mass is 9.41. The molecule has 0 N–H and O–H groups in total. The maximum absolute atomic E-state index is 13.0. The highest BCUT2D eigenvalue weighted by atomic mass is 16.6. The van der Waals surface area contributed by atoms with Crippen LogP contribution in [0.4, 0.5) is 0 Å². The van der Waals surface area contributed by atoms with Gasteiger partial charge in [-0.3, -0.25) is 19.2 Å². The van der Waals surface area contributed by atoms with E-state index in [1.54, 1.807) is 0 Å². The third-order valence-electron chi connectivity index (χ3n) is 6.83. The first-order valence-corrected chi connectivity index (χ1v) is 9.57. The number of allylic oxidation sites excluding steroid dienone is 2. The fourth-order valence-electron chi connectivity index (χ4n) is 5.83. The van der Waals surface area contributed by atoms with Gasteiger partial charge in [-0.1, -0.05) is 32.4 Å². The molecule has 2 saturated carbocycles. The summed E-state index contributed by atoms with van der Waals surface area (Å²) in [5, 5.41) is 0. The molecule has 0 radical (unpaired) electrons. The topological polar surface area (TPSA) is 96.0 Å². The first-order valence-electron chi connectivity index (χ1n) is 9.57. The number of esters is 3. The van der Waals surface area contributed by atoms with E-state index in [-0.39, 0.29) is 11.7 Å². The molecule has 4 aliphatic rings. The van der Waals surface area contributed by atoms with Crippen molar-refractivity contribution in [2.24, 2.45) is 28.6 Å². The molecule has 7 heteroatoms. The molecule has 4 rings (SSSR count). The number of carbonyl (C=O) groups is 4. The Kier molecular flexibility index (Phi) is 4.72. The molecule has 0 aromatic heterocycles. The average molecular weight is 392 g/mol. The minimum atomic E-state index is -1.01. The van der Waals surface area contributed by atoms with E-state index in [1.165, 1.54) is 20.8 Å². The van der Waals surface area contributed by atoms with Gasteiger partial charge in [0.05, 0.1) is 0 Å². The molecule has 0 saturated heterocycles. The predicted octanol–water partition coefficient (Wildman–Crippen LogP) is 2.22. The van der Waals surface area contributed by atoms with Gasteiger partial charge in [-0.25, -0.2) is 0 Å². The third-order valence-corrected chi connectivity index (χ3v) is 6.83. The van der Waals surface area contributed by atoms with Crippen molar-refractivity contribution in [1.82, 2.24) is 0 Å². The van der Waals surface area contributed by atoms with E-state index >= 15 is 0 Å². The van der Waals surface area contributed by atoms with Gasteiger partial charge in [0.25, 0.3) is 0 Å². The zero-order valence-corrected chi connectivity index (χ0v) is 17.4. The SMILES string of the molecule is CC(=O)O[C@@H]1[C@@H](OC(C)=O)C(C)(C)[C@H]2C=C(C)[C@@H]3C(=O)[C@H]2[C@]3(C)[C@@H]1OC(C)=O. The van der Waals surface area contributed by atoms with Crippen molar-refractivity contribution >= 4 is 23.7 Å². The lowest BCUT2D eigenvalue weighted by Crippen LogP contribution is -2.68. The summed E-state index contributed by atoms with van der Waals surface area (Å²) < 4.78 is 17.0. The minimum absolute atomic E-state index is 0.0998. The van der Waals surface area contributed by atoms with Crippen LogP contribution in [0.1, 0.15) is 48.5 Å². The molecule has 0 heterocycles. The van der Waals surface area contributed by atoms with Gasteiger partial charge in [0.2, 0.25) is 0 Å². The molecule has 4 bridgehead atoms. The molecule has 0 spiro atoms. The van der Waals surface area contributed by atoms with Crippen molar-refractivity contribution in [3.05, 3.63) is 11.6 Å². The fourth-order valence-corrected chi connectivity index (χ4v) is 5.83. The Bertz CT molecular complexity index is 780. The summed E-state index contributed by atoms with van der Waals surface area (Å²) in [4.78, 5) is 48.8. The largest absolute Gasteiger partial charge is 0.458 e. The van der Waals surface area contributed by atoms with Crippen molar-refractivity contribution in [3.63, 3.8) is 0 Å². The molecule has 154 valence electrons. The van der Waals surface area contributed by atoms with Crippen molar-refractivity contribution in [3.8, 4) is 0 Å². The summed E-state index contributed by atoms with van der Waals surface area (Å²) in [5.74, 6) is -2.60. The summed E-state index contributed by atoms with van der Waals surface area (Å²) in [7, 11) is 0. The quantitative estimate of drug-likeness (QED) is 0.413. The van der Waals surface area contributed by atoms with Crippen LogP contribution in [-0.2, 0) is 33.4 Å². The van der Waals surface area contributed by atoms with Crippen molar-refractivity contribution in [1.29, 1.82) is 0 Å². The van der Waals surface area contributed by atoms with Gasteiger partial charge in [-0.2, -0.15) is 0 Å². The number of hydrogen-bond donors (Lipinski definition) is 0. The zero-order chi connectivity index (χ0) is 21.2. The molecule has 7 nitrogen and oxygen atoms in total. The molecule has 4 aliphatic carbocycles. The maximum atomic E-state index is 13.0. The second kappa shape index (κ2) is 6.42. The van der Waals surface area contributed by atoms with Gasteiger partial charge >= 0.3 is 17.9 Å². The van der Waals surface area contributed by atoms with Gasteiger partial charge in [0, 0.05) is 43.4 Å². The summed E-state index contributed by atoms with van der Waals surface area (Å²) in [5.41, 5.74) is -0.553. The van der Waals surface area contributed by atoms with E-state index in [0.29, 0.717) is 0 Å². The second-order valence-electron chi connectivity index (χ2n) is 9.07.